The first-order valence-corrected chi connectivity index (χ1v) is 11.8. The molecule has 1 aromatic carbocycles. The van der Waals surface area contributed by atoms with Gasteiger partial charge < -0.3 is 19.9 Å². The largest absolute Gasteiger partial charge is 0.478 e. The number of hydrogen-bond acceptors (Lipinski definition) is 5. The maximum absolute atomic E-state index is 13.7. The predicted molar refractivity (Wildman–Crippen MR) is 133 cm³/mol. The molecule has 1 fully saturated rings. The number of aliphatic imine (C=N–C) groups is 1. The van der Waals surface area contributed by atoms with Crippen molar-refractivity contribution in [3.8, 4) is 0 Å². The maximum atomic E-state index is 13.7. The molecule has 9 heteroatoms. The third kappa shape index (κ3) is 7.65. The number of aromatic carboxylic acids is 1. The van der Waals surface area contributed by atoms with Crippen LogP contribution in [0.3, 0.4) is 0 Å². The fourth-order valence-electron chi connectivity index (χ4n) is 4.08. The number of allylic oxidation sites excluding steroid dienone is 1. The molecule has 0 aromatic heterocycles. The Hall–Kier alpha value is -3.20. The number of methoxy groups -OCH3 is 1. The molecule has 0 radical (unpaired) electrons. The summed E-state index contributed by atoms with van der Waals surface area (Å²) >= 11 is 0. The number of guanidine groups is 1. The highest BCUT2D eigenvalue weighted by molar-refractivity contribution is 6.04. The van der Waals surface area contributed by atoms with Gasteiger partial charge in [0.2, 0.25) is 11.9 Å². The van der Waals surface area contributed by atoms with E-state index < -0.39 is 29.2 Å². The number of carbonyl (C=O) groups excluding carboxylic acids is 2. The molecular formula is C26H37N3O6. The first kappa shape index (κ1) is 28.0. The Bertz CT molecular complexity index is 968. The zero-order chi connectivity index (χ0) is 26.2. The standard InChI is InChI=1S/C26H37N3O6/c1-7-9-14-26(8-2)17-21(30)29(23(28-26)27-24(33)35-25(3,4)5)20(13-15-34-6)18-11-10-12-19(16-18)22(31)32/h7,10-12,16,20H,1,8-9,13-15,17H2,2-6H3,(H,31,32)(H,27,28,33)/t20-,26?/m1/s1. The zero-order valence-electron chi connectivity index (χ0n) is 21.3. The van der Waals surface area contributed by atoms with E-state index in [9.17, 15) is 19.5 Å². The van der Waals surface area contributed by atoms with Crippen molar-refractivity contribution in [1.29, 1.82) is 0 Å². The highest BCUT2D eigenvalue weighted by Gasteiger charge is 2.43. The molecule has 35 heavy (non-hydrogen) atoms. The number of nitrogens with one attached hydrogen (secondary N) is 1. The first-order chi connectivity index (χ1) is 16.4. The number of carbonyl (C=O) groups is 3. The summed E-state index contributed by atoms with van der Waals surface area (Å²) < 4.78 is 10.7. The van der Waals surface area contributed by atoms with Crippen molar-refractivity contribution < 1.29 is 29.0 Å². The van der Waals surface area contributed by atoms with Gasteiger partial charge in [-0.1, -0.05) is 25.1 Å². The molecule has 1 aromatic rings. The fourth-order valence-corrected chi connectivity index (χ4v) is 4.08. The van der Waals surface area contributed by atoms with Crippen LogP contribution < -0.4 is 5.32 Å². The van der Waals surface area contributed by atoms with E-state index in [-0.39, 0.29) is 23.9 Å². The Balaban J connectivity index is 2.60. The molecule has 0 spiro atoms. The van der Waals surface area contributed by atoms with Gasteiger partial charge in [0, 0.05) is 19.3 Å². The van der Waals surface area contributed by atoms with Crippen LogP contribution in [-0.4, -0.2) is 58.8 Å². The van der Waals surface area contributed by atoms with Crippen molar-refractivity contribution in [2.75, 3.05) is 13.7 Å². The molecule has 2 N–H and O–H groups in total. The van der Waals surface area contributed by atoms with Gasteiger partial charge in [-0.15, -0.1) is 11.6 Å². The first-order valence-electron chi connectivity index (χ1n) is 11.8. The fraction of sp³-hybridized carbons (Fsp3) is 0.538. The van der Waals surface area contributed by atoms with Crippen LogP contribution in [0.1, 0.15) is 81.8 Å². The van der Waals surface area contributed by atoms with Gasteiger partial charge in [0.05, 0.1) is 18.0 Å². The predicted octanol–water partition coefficient (Wildman–Crippen LogP) is 4.69. The Morgan fingerprint density at radius 2 is 2.09 bits per heavy atom. The lowest BCUT2D eigenvalue weighted by Crippen LogP contribution is -2.63. The summed E-state index contributed by atoms with van der Waals surface area (Å²) in [4.78, 5) is 43.6. The Morgan fingerprint density at radius 3 is 2.66 bits per heavy atom. The van der Waals surface area contributed by atoms with E-state index in [1.54, 1.807) is 46.1 Å². The maximum Gasteiger partial charge on any atom is 0.437 e. The van der Waals surface area contributed by atoms with Crippen LogP contribution in [-0.2, 0) is 14.3 Å². The van der Waals surface area contributed by atoms with E-state index in [2.05, 4.69) is 16.9 Å². The van der Waals surface area contributed by atoms with Crippen LogP contribution >= 0.6 is 0 Å². The highest BCUT2D eigenvalue weighted by Crippen LogP contribution is 2.34. The SMILES string of the molecule is C=CCCC1(CC)CC(=O)N([C@H](CCOC)c2cccc(C(=O)O)c2)/C(=N/C(=O)OC(C)(C)C)N1. The second-order valence-corrected chi connectivity index (χ2v) is 9.67. The van der Waals surface area contributed by atoms with E-state index in [0.717, 1.165) is 0 Å². The van der Waals surface area contributed by atoms with Gasteiger partial charge in [-0.2, -0.15) is 0 Å². The lowest BCUT2D eigenvalue weighted by Gasteiger charge is -2.45. The van der Waals surface area contributed by atoms with Crippen LogP contribution in [0.4, 0.5) is 4.79 Å². The van der Waals surface area contributed by atoms with Gasteiger partial charge in [-0.25, -0.2) is 9.59 Å². The van der Waals surface area contributed by atoms with Crippen LogP contribution in [0.5, 0.6) is 0 Å². The second-order valence-electron chi connectivity index (χ2n) is 9.67. The van der Waals surface area contributed by atoms with Crippen molar-refractivity contribution in [3.05, 3.63) is 48.0 Å². The molecule has 1 heterocycles. The summed E-state index contributed by atoms with van der Waals surface area (Å²) in [5.74, 6) is -1.21. The molecule has 2 rings (SSSR count). The lowest BCUT2D eigenvalue weighted by molar-refractivity contribution is -0.133. The zero-order valence-corrected chi connectivity index (χ0v) is 21.3. The number of ether oxygens (including phenoxy) is 2. The third-order valence-electron chi connectivity index (χ3n) is 5.88. The number of amides is 2. The molecule has 0 aliphatic carbocycles. The normalized spacial score (nSPS) is 20.3. The summed E-state index contributed by atoms with van der Waals surface area (Å²) in [6, 6.07) is 5.80. The average Bonchev–Trinajstić information content (AvgIpc) is 2.78. The summed E-state index contributed by atoms with van der Waals surface area (Å²) in [5, 5.41) is 12.8. The molecule has 0 bridgehead atoms. The minimum atomic E-state index is -1.07. The Labute approximate surface area is 207 Å². The molecular weight excluding hydrogens is 450 g/mol. The average molecular weight is 488 g/mol. The molecule has 1 unspecified atom stereocenters. The van der Waals surface area contributed by atoms with Crippen molar-refractivity contribution in [1.82, 2.24) is 10.2 Å². The lowest BCUT2D eigenvalue weighted by atomic mass is 9.84. The third-order valence-corrected chi connectivity index (χ3v) is 5.88. The van der Waals surface area contributed by atoms with Gasteiger partial charge in [0.1, 0.15) is 5.60 Å². The van der Waals surface area contributed by atoms with Crippen molar-refractivity contribution >= 4 is 23.9 Å². The van der Waals surface area contributed by atoms with Gasteiger partial charge in [-0.05, 0) is 64.2 Å². The Kier molecular flexibility index (Phi) is 9.59. The van der Waals surface area contributed by atoms with Gasteiger partial charge in [0.15, 0.2) is 0 Å². The molecule has 2 amide bonds. The minimum absolute atomic E-state index is 0.0863. The molecule has 9 nitrogen and oxygen atoms in total. The van der Waals surface area contributed by atoms with Gasteiger partial charge in [-0.3, -0.25) is 9.69 Å². The van der Waals surface area contributed by atoms with E-state index >= 15 is 0 Å². The summed E-state index contributed by atoms with van der Waals surface area (Å²) in [7, 11) is 1.55. The number of rotatable bonds is 10. The quantitative estimate of drug-likeness (QED) is 0.460. The Morgan fingerprint density at radius 1 is 1.37 bits per heavy atom. The van der Waals surface area contributed by atoms with E-state index in [0.29, 0.717) is 37.9 Å². The van der Waals surface area contributed by atoms with Crippen molar-refractivity contribution in [2.45, 2.75) is 77.0 Å². The van der Waals surface area contributed by atoms with Gasteiger partial charge >= 0.3 is 12.1 Å². The van der Waals surface area contributed by atoms with Gasteiger partial charge in [0.25, 0.3) is 0 Å². The van der Waals surface area contributed by atoms with E-state index in [1.807, 2.05) is 6.92 Å². The molecule has 0 saturated carbocycles. The molecule has 2 atom stereocenters. The number of benzene rings is 1. The summed E-state index contributed by atoms with van der Waals surface area (Å²) in [6.07, 6.45) is 3.47. The van der Waals surface area contributed by atoms with Crippen molar-refractivity contribution in [2.24, 2.45) is 4.99 Å². The highest BCUT2D eigenvalue weighted by atomic mass is 16.6. The summed E-state index contributed by atoms with van der Waals surface area (Å²) in [5.41, 5.74) is -0.663. The molecule has 192 valence electrons. The van der Waals surface area contributed by atoms with Crippen LogP contribution in [0.15, 0.2) is 41.9 Å². The number of hydrogen-bond donors (Lipinski definition) is 2. The number of carboxylic acid groups (broad SMARTS) is 1. The summed E-state index contributed by atoms with van der Waals surface area (Å²) in [6.45, 7) is 11.3. The number of nitrogens with zero attached hydrogens (tertiary/aromatic N) is 2. The van der Waals surface area contributed by atoms with Crippen LogP contribution in [0.25, 0.3) is 0 Å². The topological polar surface area (TPSA) is 118 Å². The molecule has 1 aliphatic heterocycles. The van der Waals surface area contributed by atoms with E-state index in [1.165, 1.54) is 17.0 Å². The van der Waals surface area contributed by atoms with Crippen molar-refractivity contribution in [3.63, 3.8) is 0 Å². The van der Waals surface area contributed by atoms with Crippen LogP contribution in [0.2, 0.25) is 0 Å². The van der Waals surface area contributed by atoms with Crippen LogP contribution in [0, 0.1) is 0 Å². The monoisotopic (exact) mass is 487 g/mol. The molecule has 1 saturated heterocycles. The second kappa shape index (κ2) is 12.0. The molecule has 1 aliphatic rings. The number of carboxylic acids is 1. The smallest absolute Gasteiger partial charge is 0.437 e. The van der Waals surface area contributed by atoms with E-state index in [4.69, 9.17) is 9.47 Å². The minimum Gasteiger partial charge on any atom is -0.478 e.